The van der Waals surface area contributed by atoms with Gasteiger partial charge >= 0.3 is 5.97 Å². The van der Waals surface area contributed by atoms with Crippen LogP contribution in [0, 0.1) is 0 Å². The Hall–Kier alpha value is -2.22. The Bertz CT molecular complexity index is 564. The van der Waals surface area contributed by atoms with E-state index in [1.807, 2.05) is 6.92 Å². The molecule has 0 fully saturated rings. The van der Waals surface area contributed by atoms with Crippen LogP contribution in [0.4, 0.5) is 5.13 Å². The molecule has 0 unspecified atom stereocenters. The van der Waals surface area contributed by atoms with Crippen LogP contribution >= 0.6 is 11.3 Å². The number of nitrogens with one attached hydrogen (secondary N) is 1. The van der Waals surface area contributed by atoms with E-state index in [-0.39, 0.29) is 5.76 Å². The third-order valence-corrected chi connectivity index (χ3v) is 3.06. The smallest absolute Gasteiger partial charge is 0.374 e. The Labute approximate surface area is 112 Å². The minimum Gasteiger partial charge on any atom is -0.457 e. The van der Waals surface area contributed by atoms with Crippen molar-refractivity contribution in [3.05, 3.63) is 29.2 Å². The maximum atomic E-state index is 11.5. The number of hydrogen-bond donors (Lipinski definition) is 1. The zero-order chi connectivity index (χ0) is 13.7. The number of aryl methyl sites for hydroxylation is 1. The summed E-state index contributed by atoms with van der Waals surface area (Å²) < 4.78 is 9.60. The molecule has 0 aliphatic heterocycles. The van der Waals surface area contributed by atoms with Crippen LogP contribution < -0.4 is 5.32 Å². The van der Waals surface area contributed by atoms with Crippen LogP contribution in [0.25, 0.3) is 0 Å². The molecule has 0 saturated heterocycles. The molecular formula is C11H11N3O4S. The third kappa shape index (κ3) is 3.62. The Morgan fingerprint density at radius 3 is 2.95 bits per heavy atom. The average Bonchev–Trinajstić information content (AvgIpc) is 3.06. The number of hydrogen-bond acceptors (Lipinski definition) is 7. The highest BCUT2D eigenvalue weighted by atomic mass is 32.1. The van der Waals surface area contributed by atoms with Crippen LogP contribution in [0.5, 0.6) is 0 Å². The summed E-state index contributed by atoms with van der Waals surface area (Å²) in [5.41, 5.74) is 0. The van der Waals surface area contributed by atoms with Gasteiger partial charge in [-0.05, 0) is 18.6 Å². The molecule has 1 N–H and O–H groups in total. The Morgan fingerprint density at radius 2 is 2.32 bits per heavy atom. The van der Waals surface area contributed by atoms with Gasteiger partial charge in [-0.25, -0.2) is 4.79 Å². The minimum atomic E-state index is -0.688. The number of carbonyl (C=O) groups is 2. The van der Waals surface area contributed by atoms with Crippen molar-refractivity contribution in [2.24, 2.45) is 0 Å². The summed E-state index contributed by atoms with van der Waals surface area (Å²) in [6, 6.07) is 3.02. The summed E-state index contributed by atoms with van der Waals surface area (Å²) in [6.45, 7) is 1.54. The highest BCUT2D eigenvalue weighted by molar-refractivity contribution is 7.15. The van der Waals surface area contributed by atoms with E-state index >= 15 is 0 Å². The summed E-state index contributed by atoms with van der Waals surface area (Å²) in [4.78, 5) is 22.9. The summed E-state index contributed by atoms with van der Waals surface area (Å²) in [5, 5.41) is 11.3. The number of ether oxygens (including phenoxy) is 1. The number of furan rings is 1. The first-order valence-corrected chi connectivity index (χ1v) is 6.33. The van der Waals surface area contributed by atoms with Crippen molar-refractivity contribution in [1.29, 1.82) is 0 Å². The first kappa shape index (κ1) is 13.2. The second-order valence-corrected chi connectivity index (χ2v) is 4.52. The van der Waals surface area contributed by atoms with Gasteiger partial charge in [-0.1, -0.05) is 18.3 Å². The molecule has 2 aromatic heterocycles. The molecule has 2 heterocycles. The molecule has 0 aliphatic carbocycles. The van der Waals surface area contributed by atoms with Crippen LogP contribution in [0.1, 0.15) is 22.5 Å². The standard InChI is InChI=1S/C11H11N3O4S/c1-2-9-13-14-11(19-9)12-8(15)6-18-10(16)7-4-3-5-17-7/h3-5H,2,6H2,1H3,(H,12,14,15). The number of aromatic nitrogens is 2. The fourth-order valence-electron chi connectivity index (χ4n) is 1.20. The summed E-state index contributed by atoms with van der Waals surface area (Å²) in [7, 11) is 0. The molecule has 0 saturated carbocycles. The van der Waals surface area contributed by atoms with E-state index in [4.69, 9.17) is 9.15 Å². The molecule has 0 aliphatic rings. The molecule has 1 amide bonds. The molecule has 2 rings (SSSR count). The van der Waals surface area contributed by atoms with E-state index in [1.54, 1.807) is 6.07 Å². The third-order valence-electron chi connectivity index (χ3n) is 2.07. The van der Waals surface area contributed by atoms with Gasteiger partial charge in [0.15, 0.2) is 6.61 Å². The van der Waals surface area contributed by atoms with E-state index in [2.05, 4.69) is 15.5 Å². The lowest BCUT2D eigenvalue weighted by Gasteiger charge is -2.02. The van der Waals surface area contributed by atoms with Crippen molar-refractivity contribution >= 4 is 28.3 Å². The molecule has 2 aromatic rings. The molecular weight excluding hydrogens is 270 g/mol. The average molecular weight is 281 g/mol. The summed E-state index contributed by atoms with van der Waals surface area (Å²) in [6.07, 6.45) is 2.10. The second kappa shape index (κ2) is 6.10. The van der Waals surface area contributed by atoms with Crippen LogP contribution in [0.2, 0.25) is 0 Å². The van der Waals surface area contributed by atoms with Gasteiger partial charge in [-0.3, -0.25) is 10.1 Å². The maximum Gasteiger partial charge on any atom is 0.374 e. The van der Waals surface area contributed by atoms with E-state index in [1.165, 1.54) is 23.7 Å². The lowest BCUT2D eigenvalue weighted by Crippen LogP contribution is -2.20. The molecule has 0 atom stereocenters. The predicted molar refractivity (Wildman–Crippen MR) is 66.9 cm³/mol. The molecule has 0 bridgehead atoms. The van der Waals surface area contributed by atoms with E-state index in [0.717, 1.165) is 11.4 Å². The van der Waals surface area contributed by atoms with Crippen molar-refractivity contribution in [3.63, 3.8) is 0 Å². The highest BCUT2D eigenvalue weighted by Gasteiger charge is 2.13. The van der Waals surface area contributed by atoms with Crippen molar-refractivity contribution in [2.45, 2.75) is 13.3 Å². The molecule has 8 heteroatoms. The first-order chi connectivity index (χ1) is 9.19. The highest BCUT2D eigenvalue weighted by Crippen LogP contribution is 2.15. The van der Waals surface area contributed by atoms with E-state index in [9.17, 15) is 9.59 Å². The number of esters is 1. The first-order valence-electron chi connectivity index (χ1n) is 5.52. The number of rotatable bonds is 5. The number of anilines is 1. The molecule has 0 spiro atoms. The number of amides is 1. The van der Waals surface area contributed by atoms with Gasteiger partial charge in [0.25, 0.3) is 5.91 Å². The summed E-state index contributed by atoms with van der Waals surface area (Å²) >= 11 is 1.28. The van der Waals surface area contributed by atoms with Crippen LogP contribution in [0.15, 0.2) is 22.8 Å². The molecule has 0 radical (unpaired) electrons. The lowest BCUT2D eigenvalue weighted by atomic mass is 10.4. The van der Waals surface area contributed by atoms with Gasteiger partial charge in [-0.15, -0.1) is 10.2 Å². The van der Waals surface area contributed by atoms with Crippen molar-refractivity contribution in [1.82, 2.24) is 10.2 Å². The van der Waals surface area contributed by atoms with Gasteiger partial charge in [-0.2, -0.15) is 0 Å². The van der Waals surface area contributed by atoms with Crippen LogP contribution in [-0.2, 0) is 16.0 Å². The quantitative estimate of drug-likeness (QED) is 0.834. The van der Waals surface area contributed by atoms with Crippen LogP contribution in [0.3, 0.4) is 0 Å². The Balaban J connectivity index is 1.80. The van der Waals surface area contributed by atoms with Crippen molar-refractivity contribution in [3.8, 4) is 0 Å². The number of carbonyl (C=O) groups excluding carboxylic acids is 2. The van der Waals surface area contributed by atoms with Gasteiger partial charge in [0.1, 0.15) is 5.01 Å². The minimum absolute atomic E-state index is 0.0528. The van der Waals surface area contributed by atoms with Gasteiger partial charge in [0.2, 0.25) is 10.9 Å². The maximum absolute atomic E-state index is 11.5. The largest absolute Gasteiger partial charge is 0.457 e. The zero-order valence-corrected chi connectivity index (χ0v) is 10.9. The number of nitrogens with zero attached hydrogens (tertiary/aromatic N) is 2. The Morgan fingerprint density at radius 1 is 1.47 bits per heavy atom. The topological polar surface area (TPSA) is 94.3 Å². The van der Waals surface area contributed by atoms with Gasteiger partial charge in [0.05, 0.1) is 6.26 Å². The predicted octanol–water partition coefficient (Wildman–Crippen LogP) is 1.49. The summed E-state index contributed by atoms with van der Waals surface area (Å²) in [5.74, 6) is -1.11. The van der Waals surface area contributed by atoms with Crippen LogP contribution in [-0.4, -0.2) is 28.7 Å². The Kier molecular flexibility index (Phi) is 4.24. The second-order valence-electron chi connectivity index (χ2n) is 3.46. The van der Waals surface area contributed by atoms with E-state index < -0.39 is 18.5 Å². The molecule has 19 heavy (non-hydrogen) atoms. The molecule has 100 valence electrons. The molecule has 0 aromatic carbocycles. The SMILES string of the molecule is CCc1nnc(NC(=O)COC(=O)c2ccco2)s1. The lowest BCUT2D eigenvalue weighted by molar-refractivity contribution is -0.119. The monoisotopic (exact) mass is 281 g/mol. The molecule has 7 nitrogen and oxygen atoms in total. The fraction of sp³-hybridized carbons (Fsp3) is 0.273. The van der Waals surface area contributed by atoms with Gasteiger partial charge < -0.3 is 9.15 Å². The normalized spacial score (nSPS) is 10.2. The van der Waals surface area contributed by atoms with Gasteiger partial charge in [0, 0.05) is 0 Å². The van der Waals surface area contributed by atoms with E-state index in [0.29, 0.717) is 5.13 Å². The fourth-order valence-corrected chi connectivity index (χ4v) is 1.89. The zero-order valence-electron chi connectivity index (χ0n) is 10.1. The van der Waals surface area contributed by atoms with Crippen molar-refractivity contribution in [2.75, 3.05) is 11.9 Å². The van der Waals surface area contributed by atoms with Crippen molar-refractivity contribution < 1.29 is 18.7 Å².